The number of hydrogen-bond acceptors (Lipinski definition) is 7. The van der Waals surface area contributed by atoms with Gasteiger partial charge in [-0.15, -0.1) is 0 Å². The molecule has 0 aromatic carbocycles. The summed E-state index contributed by atoms with van der Waals surface area (Å²) in [6.07, 6.45) is 4.34. The Morgan fingerprint density at radius 3 is 2.88 bits per heavy atom. The Morgan fingerprint density at radius 1 is 1.42 bits per heavy atom. The molecular formula is C15H27N5O2SSi. The van der Waals surface area contributed by atoms with Crippen LogP contribution in [0.2, 0.25) is 19.1 Å². The summed E-state index contributed by atoms with van der Waals surface area (Å²) in [6, 6.07) is 1.30. The molecule has 7 nitrogen and oxygen atoms in total. The second kappa shape index (κ2) is 9.35. The van der Waals surface area contributed by atoms with Crippen LogP contribution < -0.4 is 5.32 Å². The minimum atomic E-state index is -0.504. The number of nitrogens with one attached hydrogen (secondary N) is 1. The molecule has 0 spiro atoms. The number of aliphatic hydroxyl groups is 1. The van der Waals surface area contributed by atoms with Crippen molar-refractivity contribution in [1.29, 1.82) is 0 Å². The third-order valence-corrected chi connectivity index (χ3v) is 5.62. The topological polar surface area (TPSA) is 85.1 Å². The summed E-state index contributed by atoms with van der Waals surface area (Å²) in [6.45, 7) is 8.01. The molecule has 2 rings (SSSR count). The Balaban J connectivity index is 2.09. The number of nitrogens with zero attached hydrogens (tertiary/aromatic N) is 4. The average molecular weight is 370 g/mol. The van der Waals surface area contributed by atoms with Gasteiger partial charge in [0.25, 0.3) is 0 Å². The number of hydrogen-bond donors (Lipinski definition) is 2. The monoisotopic (exact) mass is 369 g/mol. The molecule has 0 fully saturated rings. The van der Waals surface area contributed by atoms with Crippen molar-refractivity contribution in [3.8, 4) is 0 Å². The van der Waals surface area contributed by atoms with Crippen molar-refractivity contribution < 1.29 is 9.84 Å². The van der Waals surface area contributed by atoms with Gasteiger partial charge in [-0.2, -0.15) is 5.10 Å². The van der Waals surface area contributed by atoms with Gasteiger partial charge in [-0.1, -0.05) is 30.9 Å². The van der Waals surface area contributed by atoms with Gasteiger partial charge in [-0.3, -0.25) is 0 Å². The summed E-state index contributed by atoms with van der Waals surface area (Å²) in [5, 5.41) is 18.5. The van der Waals surface area contributed by atoms with Crippen molar-refractivity contribution in [3.63, 3.8) is 0 Å². The minimum absolute atomic E-state index is 0.393. The Morgan fingerprint density at radius 2 is 2.21 bits per heavy atom. The number of anilines is 1. The molecule has 2 aromatic rings. The number of aliphatic hydroxyl groups excluding tert-OH is 1. The summed E-state index contributed by atoms with van der Waals surface area (Å²) in [5.74, 6) is 0.697. The van der Waals surface area contributed by atoms with Gasteiger partial charge in [0.1, 0.15) is 12.5 Å². The van der Waals surface area contributed by atoms with Crippen LogP contribution in [0.3, 0.4) is 0 Å². The first-order valence-corrected chi connectivity index (χ1v) is 12.6. The Kier molecular flexibility index (Phi) is 7.47. The lowest BCUT2D eigenvalue weighted by atomic mass is 10.3. The number of fused-ring (bicyclic) bond motifs is 1. The Bertz CT molecular complexity index is 650. The number of thioether (sulfide) groups is 1. The molecule has 0 aliphatic carbocycles. The van der Waals surface area contributed by atoms with E-state index < -0.39 is 14.9 Å². The zero-order valence-electron chi connectivity index (χ0n) is 14.8. The fourth-order valence-corrected chi connectivity index (χ4v) is 3.59. The zero-order valence-corrected chi connectivity index (χ0v) is 16.8. The average Bonchev–Trinajstić information content (AvgIpc) is 2.95. The fraction of sp³-hybridized carbons (Fsp3) is 0.667. The normalized spacial score (nSPS) is 12.9. The van der Waals surface area contributed by atoms with Crippen molar-refractivity contribution in [3.05, 3.63) is 6.20 Å². The van der Waals surface area contributed by atoms with Gasteiger partial charge in [0.2, 0.25) is 0 Å². The second-order valence-corrected chi connectivity index (χ2v) is 10.4. The molecule has 0 radical (unpaired) electrons. The van der Waals surface area contributed by atoms with Crippen molar-refractivity contribution >= 4 is 37.4 Å². The van der Waals surface area contributed by atoms with Crippen molar-refractivity contribution in [2.45, 2.75) is 50.5 Å². The van der Waals surface area contributed by atoms with Crippen LogP contribution in [0.15, 0.2) is 11.4 Å². The van der Waals surface area contributed by atoms with E-state index >= 15 is 0 Å². The van der Waals surface area contributed by atoms with Gasteiger partial charge in [0.15, 0.2) is 10.8 Å². The third kappa shape index (κ3) is 5.44. The standard InChI is InChI=1S/C15H27N5O2SSi/c1-11(21)8-16-13-12-9-17-20(10-22-6-5-7-24(3)4)14(12)19-15(18-13)23-2/h9,11,21,24H,5-8,10H2,1-4H3,(H,16,18,19)/t11-/m0/s1. The van der Waals surface area contributed by atoms with E-state index in [4.69, 9.17) is 4.74 Å². The van der Waals surface area contributed by atoms with Crippen LogP contribution in [0.5, 0.6) is 0 Å². The van der Waals surface area contributed by atoms with E-state index in [2.05, 4.69) is 33.5 Å². The van der Waals surface area contributed by atoms with E-state index in [1.807, 2.05) is 6.26 Å². The molecule has 0 saturated heterocycles. The minimum Gasteiger partial charge on any atom is -0.392 e. The second-order valence-electron chi connectivity index (χ2n) is 6.24. The van der Waals surface area contributed by atoms with Crippen molar-refractivity contribution in [2.75, 3.05) is 24.7 Å². The van der Waals surface area contributed by atoms with Crippen molar-refractivity contribution in [1.82, 2.24) is 19.7 Å². The van der Waals surface area contributed by atoms with Gasteiger partial charge >= 0.3 is 0 Å². The first-order valence-electron chi connectivity index (χ1n) is 8.28. The maximum atomic E-state index is 9.47. The van der Waals surface area contributed by atoms with E-state index in [0.29, 0.717) is 24.2 Å². The maximum Gasteiger partial charge on any atom is 0.191 e. The highest BCUT2D eigenvalue weighted by Crippen LogP contribution is 2.23. The quantitative estimate of drug-likeness (QED) is 0.287. The van der Waals surface area contributed by atoms with E-state index in [-0.39, 0.29) is 0 Å². The van der Waals surface area contributed by atoms with E-state index in [1.165, 1.54) is 17.8 Å². The van der Waals surface area contributed by atoms with Crippen molar-refractivity contribution in [2.24, 2.45) is 0 Å². The van der Waals surface area contributed by atoms with Gasteiger partial charge in [0, 0.05) is 21.9 Å². The highest BCUT2D eigenvalue weighted by Gasteiger charge is 2.13. The number of rotatable bonds is 10. The van der Waals surface area contributed by atoms with Crippen LogP contribution in [0, 0.1) is 0 Å². The van der Waals surface area contributed by atoms with Gasteiger partial charge in [0.05, 0.1) is 17.7 Å². The van der Waals surface area contributed by atoms with Crippen LogP contribution in [-0.4, -0.2) is 59.2 Å². The van der Waals surface area contributed by atoms with E-state index in [1.54, 1.807) is 17.8 Å². The predicted octanol–water partition coefficient (Wildman–Crippen LogP) is 2.19. The third-order valence-electron chi connectivity index (χ3n) is 3.51. The largest absolute Gasteiger partial charge is 0.392 e. The molecule has 2 heterocycles. The summed E-state index contributed by atoms with van der Waals surface area (Å²) in [4.78, 5) is 9.02. The highest BCUT2D eigenvalue weighted by molar-refractivity contribution is 7.98. The van der Waals surface area contributed by atoms with E-state index in [0.717, 1.165) is 24.1 Å². The number of ether oxygens (including phenoxy) is 1. The SMILES string of the molecule is CSc1nc(NC[C@H](C)O)c2cnn(COCCC[SiH](C)C)c2n1. The lowest BCUT2D eigenvalue weighted by Gasteiger charge is -2.10. The van der Waals surface area contributed by atoms with Gasteiger partial charge in [-0.05, 0) is 19.6 Å². The summed E-state index contributed by atoms with van der Waals surface area (Å²) in [7, 11) is -0.504. The van der Waals surface area contributed by atoms with Crippen LogP contribution >= 0.6 is 11.8 Å². The molecule has 0 saturated carbocycles. The Hall–Kier alpha value is -1.16. The van der Waals surface area contributed by atoms with Crippen LogP contribution in [0.4, 0.5) is 5.82 Å². The molecule has 2 N–H and O–H groups in total. The first-order chi connectivity index (χ1) is 11.5. The molecule has 2 aromatic heterocycles. The molecule has 0 unspecified atom stereocenters. The molecule has 0 amide bonds. The highest BCUT2D eigenvalue weighted by atomic mass is 32.2. The summed E-state index contributed by atoms with van der Waals surface area (Å²) in [5.41, 5.74) is 0.751. The number of aromatic nitrogens is 4. The smallest absolute Gasteiger partial charge is 0.191 e. The molecular weight excluding hydrogens is 342 g/mol. The molecule has 1 atom stereocenters. The van der Waals surface area contributed by atoms with Gasteiger partial charge < -0.3 is 15.2 Å². The molecule has 9 heteroatoms. The first kappa shape index (κ1) is 19.2. The predicted molar refractivity (Wildman–Crippen MR) is 102 cm³/mol. The lowest BCUT2D eigenvalue weighted by Crippen LogP contribution is -2.16. The fourth-order valence-electron chi connectivity index (χ4n) is 2.24. The van der Waals surface area contributed by atoms with Crippen LogP contribution in [0.1, 0.15) is 13.3 Å². The molecule has 0 aliphatic rings. The van der Waals surface area contributed by atoms with Crippen LogP contribution in [0.25, 0.3) is 11.0 Å². The Labute approximate surface area is 148 Å². The maximum absolute atomic E-state index is 9.47. The molecule has 0 bridgehead atoms. The molecule has 0 aliphatic heterocycles. The van der Waals surface area contributed by atoms with Crippen LogP contribution in [-0.2, 0) is 11.5 Å². The van der Waals surface area contributed by atoms with Gasteiger partial charge in [-0.25, -0.2) is 14.6 Å². The summed E-state index contributed by atoms with van der Waals surface area (Å²) < 4.78 is 7.50. The zero-order chi connectivity index (χ0) is 17.5. The lowest BCUT2D eigenvalue weighted by molar-refractivity contribution is 0.0718. The van der Waals surface area contributed by atoms with E-state index in [9.17, 15) is 5.11 Å². The molecule has 24 heavy (non-hydrogen) atoms. The molecule has 134 valence electrons. The summed E-state index contributed by atoms with van der Waals surface area (Å²) >= 11 is 1.48.